The van der Waals surface area contributed by atoms with Gasteiger partial charge in [-0.2, -0.15) is 0 Å². The van der Waals surface area contributed by atoms with Gasteiger partial charge in [0.25, 0.3) is 0 Å². The molecular formula is C17H19N3O3S. The van der Waals surface area contributed by atoms with E-state index in [-0.39, 0.29) is 16.8 Å². The Hall–Kier alpha value is -2.22. The zero-order valence-corrected chi connectivity index (χ0v) is 14.0. The smallest absolute Gasteiger partial charge is 0.242 e. The first-order valence-electron chi connectivity index (χ1n) is 7.60. The van der Waals surface area contributed by atoms with Crippen molar-refractivity contribution < 1.29 is 13.2 Å². The summed E-state index contributed by atoms with van der Waals surface area (Å²) in [6.07, 6.45) is 1.75. The Morgan fingerprint density at radius 1 is 1.08 bits per heavy atom. The Labute approximate surface area is 141 Å². The van der Waals surface area contributed by atoms with Crippen LogP contribution in [0, 0.1) is 0 Å². The number of carbonyl (C=O) groups is 1. The van der Waals surface area contributed by atoms with Crippen LogP contribution in [0.15, 0.2) is 59.5 Å². The molecule has 1 amide bonds. The third-order valence-corrected chi connectivity index (χ3v) is 5.06. The fraction of sp³-hybridized carbons (Fsp3) is 0.235. The van der Waals surface area contributed by atoms with E-state index in [1.165, 1.54) is 12.1 Å². The number of nitrogens with one attached hydrogen (secondary N) is 3. The molecule has 24 heavy (non-hydrogen) atoms. The SMILES string of the molecule is CS(=O)(=O)c1cccc(NC(=O)C2CC(c3ccccc3)NN2)c1. The number of anilines is 1. The van der Waals surface area contributed by atoms with Crippen molar-refractivity contribution in [3.63, 3.8) is 0 Å². The Morgan fingerprint density at radius 3 is 2.54 bits per heavy atom. The van der Waals surface area contributed by atoms with E-state index in [1.807, 2.05) is 30.3 Å². The molecule has 2 aromatic carbocycles. The van der Waals surface area contributed by atoms with Gasteiger partial charge in [0, 0.05) is 18.0 Å². The van der Waals surface area contributed by atoms with Gasteiger partial charge < -0.3 is 5.32 Å². The quantitative estimate of drug-likeness (QED) is 0.784. The van der Waals surface area contributed by atoms with Crippen molar-refractivity contribution in [2.45, 2.75) is 23.4 Å². The first kappa shape index (κ1) is 16.6. The fourth-order valence-corrected chi connectivity index (χ4v) is 3.33. The van der Waals surface area contributed by atoms with Crippen LogP contribution in [-0.4, -0.2) is 26.6 Å². The summed E-state index contributed by atoms with van der Waals surface area (Å²) < 4.78 is 23.2. The number of benzene rings is 2. The standard InChI is InChI=1S/C17H19N3O3S/c1-24(22,23)14-9-5-8-13(10-14)18-17(21)16-11-15(19-20-16)12-6-3-2-4-7-12/h2-10,15-16,19-20H,11H2,1H3,(H,18,21). The highest BCUT2D eigenvalue weighted by molar-refractivity contribution is 7.90. The molecule has 1 fully saturated rings. The van der Waals surface area contributed by atoms with Gasteiger partial charge >= 0.3 is 0 Å². The molecule has 1 heterocycles. The van der Waals surface area contributed by atoms with E-state index in [9.17, 15) is 13.2 Å². The van der Waals surface area contributed by atoms with Gasteiger partial charge in [-0.3, -0.25) is 4.79 Å². The summed E-state index contributed by atoms with van der Waals surface area (Å²) in [5.74, 6) is -0.202. The molecule has 7 heteroatoms. The molecule has 1 saturated heterocycles. The lowest BCUT2D eigenvalue weighted by molar-refractivity contribution is -0.117. The Balaban J connectivity index is 1.66. The van der Waals surface area contributed by atoms with Gasteiger partial charge in [-0.15, -0.1) is 0 Å². The molecular weight excluding hydrogens is 326 g/mol. The molecule has 0 aromatic heterocycles. The van der Waals surface area contributed by atoms with Crippen molar-refractivity contribution in [3.8, 4) is 0 Å². The number of hydrogen-bond donors (Lipinski definition) is 3. The van der Waals surface area contributed by atoms with Crippen LogP contribution >= 0.6 is 0 Å². The van der Waals surface area contributed by atoms with Gasteiger partial charge in [0.15, 0.2) is 9.84 Å². The maximum atomic E-state index is 12.4. The first-order chi connectivity index (χ1) is 11.4. The van der Waals surface area contributed by atoms with E-state index in [0.29, 0.717) is 12.1 Å². The minimum absolute atomic E-state index is 0.0595. The lowest BCUT2D eigenvalue weighted by Crippen LogP contribution is -2.39. The van der Waals surface area contributed by atoms with Crippen LogP contribution in [-0.2, 0) is 14.6 Å². The van der Waals surface area contributed by atoms with E-state index in [4.69, 9.17) is 0 Å². The summed E-state index contributed by atoms with van der Waals surface area (Å²) in [5.41, 5.74) is 7.68. The molecule has 0 saturated carbocycles. The Kier molecular flexibility index (Phi) is 4.66. The summed E-state index contributed by atoms with van der Waals surface area (Å²) in [7, 11) is -3.30. The molecule has 2 unspecified atom stereocenters. The predicted octanol–water partition coefficient (Wildman–Crippen LogP) is 1.64. The predicted molar refractivity (Wildman–Crippen MR) is 92.0 cm³/mol. The highest BCUT2D eigenvalue weighted by atomic mass is 32.2. The van der Waals surface area contributed by atoms with E-state index < -0.39 is 15.9 Å². The van der Waals surface area contributed by atoms with Crippen LogP contribution in [0.1, 0.15) is 18.0 Å². The van der Waals surface area contributed by atoms with Gasteiger partial charge in [-0.25, -0.2) is 19.3 Å². The second kappa shape index (κ2) is 6.72. The van der Waals surface area contributed by atoms with Crippen LogP contribution < -0.4 is 16.2 Å². The number of rotatable bonds is 4. The molecule has 6 nitrogen and oxygen atoms in total. The third kappa shape index (κ3) is 3.81. The average Bonchev–Trinajstić information content (AvgIpc) is 3.05. The molecule has 1 aliphatic heterocycles. The summed E-state index contributed by atoms with van der Waals surface area (Å²) >= 11 is 0. The molecule has 2 atom stereocenters. The molecule has 0 radical (unpaired) electrons. The second-order valence-corrected chi connectivity index (χ2v) is 7.85. The highest BCUT2D eigenvalue weighted by Gasteiger charge is 2.30. The van der Waals surface area contributed by atoms with Crippen LogP contribution in [0.25, 0.3) is 0 Å². The lowest BCUT2D eigenvalue weighted by atomic mass is 10.0. The van der Waals surface area contributed by atoms with Gasteiger partial charge in [0.05, 0.1) is 4.90 Å². The van der Waals surface area contributed by atoms with Crippen molar-refractivity contribution >= 4 is 21.4 Å². The zero-order valence-electron chi connectivity index (χ0n) is 13.2. The largest absolute Gasteiger partial charge is 0.325 e. The van der Waals surface area contributed by atoms with Crippen LogP contribution in [0.3, 0.4) is 0 Å². The van der Waals surface area contributed by atoms with E-state index in [1.54, 1.807) is 12.1 Å². The molecule has 3 rings (SSSR count). The second-order valence-electron chi connectivity index (χ2n) is 5.83. The summed E-state index contributed by atoms with van der Waals surface area (Å²) in [5, 5.41) is 2.76. The maximum Gasteiger partial charge on any atom is 0.242 e. The van der Waals surface area contributed by atoms with E-state index >= 15 is 0 Å². The highest BCUT2D eigenvalue weighted by Crippen LogP contribution is 2.23. The van der Waals surface area contributed by atoms with E-state index in [0.717, 1.165) is 11.8 Å². The number of carbonyl (C=O) groups excluding carboxylic acids is 1. The number of hydrogen-bond acceptors (Lipinski definition) is 5. The normalized spacial score (nSPS) is 20.7. The molecule has 2 aromatic rings. The summed E-state index contributed by atoms with van der Waals surface area (Å²) in [6.45, 7) is 0. The minimum atomic E-state index is -3.30. The minimum Gasteiger partial charge on any atom is -0.325 e. The molecule has 0 bridgehead atoms. The average molecular weight is 345 g/mol. The van der Waals surface area contributed by atoms with Crippen molar-refractivity contribution in [1.82, 2.24) is 10.9 Å². The summed E-state index contributed by atoms with van der Waals surface area (Å²) in [4.78, 5) is 12.6. The lowest BCUT2D eigenvalue weighted by Gasteiger charge is -2.11. The zero-order chi connectivity index (χ0) is 17.2. The Bertz CT molecular complexity index is 837. The molecule has 0 spiro atoms. The number of amides is 1. The van der Waals surface area contributed by atoms with E-state index in [2.05, 4.69) is 16.2 Å². The molecule has 126 valence electrons. The number of sulfone groups is 1. The molecule has 1 aliphatic rings. The monoisotopic (exact) mass is 345 g/mol. The number of hydrazine groups is 1. The summed E-state index contributed by atoms with van der Waals surface area (Å²) in [6, 6.07) is 15.8. The van der Waals surface area contributed by atoms with Gasteiger partial charge in [0.1, 0.15) is 6.04 Å². The molecule has 0 aliphatic carbocycles. The van der Waals surface area contributed by atoms with Crippen molar-refractivity contribution in [3.05, 3.63) is 60.2 Å². The first-order valence-corrected chi connectivity index (χ1v) is 9.49. The van der Waals surface area contributed by atoms with Crippen molar-refractivity contribution in [2.75, 3.05) is 11.6 Å². The maximum absolute atomic E-state index is 12.4. The third-order valence-electron chi connectivity index (χ3n) is 3.95. The Morgan fingerprint density at radius 2 is 1.83 bits per heavy atom. The van der Waals surface area contributed by atoms with Gasteiger partial charge in [-0.05, 0) is 30.2 Å². The van der Waals surface area contributed by atoms with Crippen molar-refractivity contribution in [1.29, 1.82) is 0 Å². The van der Waals surface area contributed by atoms with Crippen molar-refractivity contribution in [2.24, 2.45) is 0 Å². The van der Waals surface area contributed by atoms with Crippen LogP contribution in [0.5, 0.6) is 0 Å². The fourth-order valence-electron chi connectivity index (χ4n) is 2.67. The molecule has 3 N–H and O–H groups in total. The van der Waals surface area contributed by atoms with Crippen LogP contribution in [0.2, 0.25) is 0 Å². The van der Waals surface area contributed by atoms with Crippen LogP contribution in [0.4, 0.5) is 5.69 Å². The topological polar surface area (TPSA) is 87.3 Å². The van der Waals surface area contributed by atoms with Gasteiger partial charge in [-0.1, -0.05) is 36.4 Å². The van der Waals surface area contributed by atoms with Gasteiger partial charge in [0.2, 0.25) is 5.91 Å².